The van der Waals surface area contributed by atoms with Crippen LogP contribution in [-0.4, -0.2) is 149 Å². The van der Waals surface area contributed by atoms with Crippen molar-refractivity contribution in [2.45, 2.75) is 147 Å². The number of aliphatic hydroxyl groups is 1. The molecule has 4 aromatic rings. The van der Waals surface area contributed by atoms with Gasteiger partial charge in [-0.15, -0.1) is 0 Å². The molecule has 90 heavy (non-hydrogen) atoms. The number of benzene rings is 3. The maximum absolute atomic E-state index is 14.3. The summed E-state index contributed by atoms with van der Waals surface area (Å²) in [7, 11) is 1.50. The molecule has 9 atom stereocenters. The first-order valence-corrected chi connectivity index (χ1v) is 30.4. The first-order chi connectivity index (χ1) is 42.7. The van der Waals surface area contributed by atoms with Crippen molar-refractivity contribution in [1.29, 1.82) is 0 Å². The maximum Gasteiger partial charge on any atom is 0.315 e. The third kappa shape index (κ3) is 25.4. The zero-order chi connectivity index (χ0) is 66.6. The predicted molar refractivity (Wildman–Crippen MR) is 339 cm³/mol. The van der Waals surface area contributed by atoms with Gasteiger partial charge in [-0.25, -0.2) is 4.79 Å². The minimum Gasteiger partial charge on any atom is -0.508 e. The van der Waals surface area contributed by atoms with Crippen LogP contribution in [0.1, 0.15) is 109 Å². The number of unbranched alkanes of at least 4 members (excludes halogenated alkanes) is 1. The van der Waals surface area contributed by atoms with Crippen LogP contribution in [0.4, 0.5) is 4.79 Å². The molecule has 0 saturated carbocycles. The number of amides is 8. The third-order valence-electron chi connectivity index (χ3n) is 15.2. The van der Waals surface area contributed by atoms with Crippen LogP contribution >= 0.6 is 11.6 Å². The number of H-pyrrole nitrogens is 1. The zero-order valence-corrected chi connectivity index (χ0v) is 52.4. The van der Waals surface area contributed by atoms with Crippen LogP contribution in [-0.2, 0) is 67.2 Å². The number of aliphatic hydroxyl groups excluding tert-OH is 1. The molecule has 18 N–H and O–H groups in total. The SMILES string of the molecule is CN=C(N)NCCC[C@H](CC(=O)[C@H](CC(C)C)NC(=O)NCC(=O)[C@H](Cc1ccc(Cl)cc1)NC(=O)[C@@H](CC(=O)[C@H](CC(N)=O)NC(=O)[C@H](CCCCN)CC(=O)[C@@H](Cc1ccc(O)cc1)NC(C)=O)[C@@H](C)O)C(=O)N[C@@H](Cc1c[nH]c2ccccc12)C(N)=O. The second-order valence-electron chi connectivity index (χ2n) is 23.0. The number of aromatic amines is 1. The van der Waals surface area contributed by atoms with E-state index in [0.717, 1.165) is 16.5 Å². The number of carbonyl (C=O) groups is 11. The molecule has 1 aromatic heterocycles. The number of nitrogens with two attached hydrogens (primary N) is 4. The van der Waals surface area contributed by atoms with Gasteiger partial charge in [0.1, 0.15) is 11.8 Å². The Hall–Kier alpha value is -8.75. The number of nitrogens with zero attached hydrogens (tertiary/aromatic N) is 1. The number of hydrogen-bond donors (Lipinski definition) is 14. The number of aliphatic imine (C=N–C) groups is 1. The number of fused-ring (bicyclic) bond motifs is 1. The van der Waals surface area contributed by atoms with Gasteiger partial charge in [0.05, 0.1) is 49.2 Å². The second kappa shape index (κ2) is 37.3. The number of aromatic nitrogens is 1. The van der Waals surface area contributed by atoms with Crippen LogP contribution in [0.15, 0.2) is 84.0 Å². The molecule has 26 nitrogen and oxygen atoms in total. The van der Waals surface area contributed by atoms with Crippen molar-refractivity contribution >= 4 is 93.1 Å². The summed E-state index contributed by atoms with van der Waals surface area (Å²) < 4.78 is 0. The number of nitrogens with one attached hydrogen (secondary N) is 8. The highest BCUT2D eigenvalue weighted by atomic mass is 35.5. The van der Waals surface area contributed by atoms with E-state index in [-0.39, 0.29) is 75.7 Å². The lowest BCUT2D eigenvalue weighted by Crippen LogP contribution is -2.53. The highest BCUT2D eigenvalue weighted by Crippen LogP contribution is 2.23. The molecule has 8 amide bonds. The van der Waals surface area contributed by atoms with E-state index < -0.39 is 144 Å². The second-order valence-corrected chi connectivity index (χ2v) is 23.4. The van der Waals surface area contributed by atoms with E-state index in [2.05, 4.69) is 47.2 Å². The Morgan fingerprint density at radius 2 is 1.17 bits per heavy atom. The average Bonchev–Trinajstić information content (AvgIpc) is 1.87. The van der Waals surface area contributed by atoms with Crippen LogP contribution in [0.25, 0.3) is 10.9 Å². The predicted octanol–water partition coefficient (Wildman–Crippen LogP) is 1.71. The Kier molecular flexibility index (Phi) is 30.5. The fraction of sp³-hybridized carbons (Fsp3) is 0.492. The van der Waals surface area contributed by atoms with E-state index in [1.807, 2.05) is 38.1 Å². The van der Waals surface area contributed by atoms with Gasteiger partial charge in [-0.1, -0.05) is 74.3 Å². The first-order valence-electron chi connectivity index (χ1n) is 30.0. The number of para-hydroxylation sites is 1. The van der Waals surface area contributed by atoms with Gasteiger partial charge in [-0.05, 0) is 111 Å². The summed E-state index contributed by atoms with van der Waals surface area (Å²) in [6.07, 6.45) is -0.735. The number of hydrogen-bond acceptors (Lipinski definition) is 15. The first kappa shape index (κ1) is 73.7. The molecule has 27 heteroatoms. The number of guanidine groups is 1. The molecule has 4 rings (SSSR count). The number of ketones is 4. The molecule has 490 valence electrons. The van der Waals surface area contributed by atoms with Gasteiger partial charge >= 0.3 is 6.03 Å². The molecule has 0 aliphatic heterocycles. The standard InChI is InChI=1S/C63H88ClN13O13/c1-35(2)25-48(53(81)30-41(12-10-24-70-62(68)69-5)60(88)76-52(58(67)86)28-42-33-71-47-14-7-6-13-45(42)47)77-63(90)72-34-56(84)50(27-38-15-19-43(64)20-16-38)75-61(89)46(36(3)78)31-55(83)51(32-57(66)85)74-59(87)40(11-8-9-23-65)29-54(82)49(73-37(4)79)26-39-17-21-44(80)22-18-39/h6-7,13-22,33,35-36,40-41,46,48-52,71,78,80H,8-12,23-32,34,65H2,1-5H3,(H2,66,85)(H2,67,86)(H,73,79)(H,74,87)(H,75,89)(H,76,88)(H3,68,69,70)(H2,72,77,90)/t36-,40-,41-,46+,48+,49-,50+,51+,52+/m1/s1. The minimum absolute atomic E-state index is 0.0138. The molecule has 0 aliphatic rings. The monoisotopic (exact) mass is 1270 g/mol. The Balaban J connectivity index is 1.51. The third-order valence-corrected chi connectivity index (χ3v) is 15.4. The summed E-state index contributed by atoms with van der Waals surface area (Å²) in [4.78, 5) is 157. The minimum atomic E-state index is -1.65. The fourth-order valence-corrected chi connectivity index (χ4v) is 10.3. The van der Waals surface area contributed by atoms with Crippen molar-refractivity contribution in [3.8, 4) is 5.75 Å². The van der Waals surface area contributed by atoms with Crippen molar-refractivity contribution in [2.75, 3.05) is 26.7 Å². The van der Waals surface area contributed by atoms with Gasteiger partial charge in [0.25, 0.3) is 0 Å². The summed E-state index contributed by atoms with van der Waals surface area (Å²) >= 11 is 6.16. The van der Waals surface area contributed by atoms with Crippen LogP contribution in [0.5, 0.6) is 5.75 Å². The Labute approximate surface area is 528 Å². The van der Waals surface area contributed by atoms with E-state index in [9.17, 15) is 63.0 Å². The van der Waals surface area contributed by atoms with Crippen LogP contribution < -0.4 is 60.2 Å². The average molecular weight is 1270 g/mol. The number of phenolic OH excluding ortho intramolecular Hbond substituents is 1. The molecular weight excluding hydrogens is 1180 g/mol. The number of Topliss-reactive ketones (excluding diaryl/α,β-unsaturated/α-hetero) is 4. The summed E-state index contributed by atoms with van der Waals surface area (Å²) in [5.41, 5.74) is 25.6. The highest BCUT2D eigenvalue weighted by Gasteiger charge is 2.37. The number of rotatable bonds is 40. The molecule has 0 spiro atoms. The summed E-state index contributed by atoms with van der Waals surface area (Å²) in [6.45, 7) is 5.90. The van der Waals surface area contributed by atoms with Crippen molar-refractivity contribution in [3.63, 3.8) is 0 Å². The zero-order valence-electron chi connectivity index (χ0n) is 51.6. The molecule has 0 fully saturated rings. The van der Waals surface area contributed by atoms with E-state index in [0.29, 0.717) is 35.4 Å². The van der Waals surface area contributed by atoms with E-state index >= 15 is 0 Å². The largest absolute Gasteiger partial charge is 0.508 e. The van der Waals surface area contributed by atoms with Crippen molar-refractivity contribution in [3.05, 3.63) is 101 Å². The lowest BCUT2D eigenvalue weighted by Gasteiger charge is -2.26. The highest BCUT2D eigenvalue weighted by molar-refractivity contribution is 6.30. The summed E-state index contributed by atoms with van der Waals surface area (Å²) in [5.74, 6) is -11.2. The van der Waals surface area contributed by atoms with Gasteiger partial charge in [0, 0.05) is 80.2 Å². The number of aromatic hydroxyl groups is 1. The van der Waals surface area contributed by atoms with Crippen molar-refractivity contribution in [2.24, 2.45) is 51.6 Å². The van der Waals surface area contributed by atoms with Gasteiger partial charge in [-0.2, -0.15) is 0 Å². The lowest BCUT2D eigenvalue weighted by atomic mass is 9.89. The van der Waals surface area contributed by atoms with Crippen LogP contribution in [0.3, 0.4) is 0 Å². The number of phenols is 1. The van der Waals surface area contributed by atoms with E-state index in [4.69, 9.17) is 34.5 Å². The molecule has 0 radical (unpaired) electrons. The van der Waals surface area contributed by atoms with Gasteiger partial charge in [0.2, 0.25) is 35.4 Å². The summed E-state index contributed by atoms with van der Waals surface area (Å²) in [6, 6.07) is 12.2. The Morgan fingerprint density at radius 1 is 0.611 bits per heavy atom. The van der Waals surface area contributed by atoms with Crippen LogP contribution in [0, 0.1) is 23.7 Å². The molecule has 3 aromatic carbocycles. The molecule has 0 saturated heterocycles. The normalized spacial score (nSPS) is 14.5. The molecular formula is C63H88ClN13O13. The topological polar surface area (TPSA) is 445 Å². The maximum atomic E-state index is 14.3. The number of urea groups is 1. The number of halogens is 1. The van der Waals surface area contributed by atoms with Gasteiger partial charge in [0.15, 0.2) is 29.1 Å². The van der Waals surface area contributed by atoms with E-state index in [1.165, 1.54) is 33.0 Å². The number of primary amides is 2. The van der Waals surface area contributed by atoms with Crippen LogP contribution in [0.2, 0.25) is 5.02 Å². The quantitative estimate of drug-likeness (QED) is 0.0171. The summed E-state index contributed by atoms with van der Waals surface area (Å²) in [5, 5.41) is 40.5. The molecule has 0 bridgehead atoms. The Bertz CT molecular complexity index is 3140. The lowest BCUT2D eigenvalue weighted by molar-refractivity contribution is -0.137. The Morgan fingerprint density at radius 3 is 1.73 bits per heavy atom. The number of carbonyl (C=O) groups excluding carboxylic acids is 11. The van der Waals surface area contributed by atoms with Gasteiger partial charge in [-0.3, -0.25) is 52.9 Å². The molecule has 0 aliphatic carbocycles. The fourth-order valence-electron chi connectivity index (χ4n) is 10.2. The van der Waals surface area contributed by atoms with Gasteiger partial charge < -0.3 is 75.3 Å². The van der Waals surface area contributed by atoms with E-state index in [1.54, 1.807) is 42.6 Å². The van der Waals surface area contributed by atoms with Crippen molar-refractivity contribution < 1.29 is 63.0 Å². The smallest absolute Gasteiger partial charge is 0.315 e. The molecule has 1 heterocycles. The van der Waals surface area contributed by atoms with Crippen molar-refractivity contribution in [1.82, 2.24) is 42.2 Å². The molecule has 0 unspecified atom stereocenters.